The maximum atomic E-state index is 13.5. The van der Waals surface area contributed by atoms with Gasteiger partial charge in [0.05, 0.1) is 42.4 Å². The van der Waals surface area contributed by atoms with Crippen LogP contribution in [0, 0.1) is 22.6 Å². The SMILES string of the molecule is COc1cc2c(cc1Cl)N(C(=O)CN(C)C)CC(C(=O)N1CCC(C#N)(Cc3ccc(F)cc3)CC1)O2. The van der Waals surface area contributed by atoms with Gasteiger partial charge in [-0.3, -0.25) is 9.59 Å². The van der Waals surface area contributed by atoms with Gasteiger partial charge in [0.15, 0.2) is 6.10 Å². The van der Waals surface area contributed by atoms with Crippen LogP contribution in [0.4, 0.5) is 10.1 Å². The van der Waals surface area contributed by atoms with Gasteiger partial charge >= 0.3 is 0 Å². The monoisotopic (exact) mass is 528 g/mol. The van der Waals surface area contributed by atoms with Crippen molar-refractivity contribution in [2.75, 3.05) is 52.3 Å². The first kappa shape index (κ1) is 26.7. The number of benzene rings is 2. The summed E-state index contributed by atoms with van der Waals surface area (Å²) >= 11 is 6.31. The van der Waals surface area contributed by atoms with Gasteiger partial charge in [-0.2, -0.15) is 5.26 Å². The molecule has 196 valence electrons. The van der Waals surface area contributed by atoms with Crippen LogP contribution in [0.3, 0.4) is 0 Å². The van der Waals surface area contributed by atoms with Crippen LogP contribution in [-0.4, -0.2) is 75.1 Å². The average molecular weight is 529 g/mol. The molecule has 10 heteroatoms. The lowest BCUT2D eigenvalue weighted by molar-refractivity contribution is -0.140. The molecule has 0 spiro atoms. The van der Waals surface area contributed by atoms with Gasteiger partial charge in [0.25, 0.3) is 5.91 Å². The summed E-state index contributed by atoms with van der Waals surface area (Å²) in [6, 6.07) is 11.8. The molecule has 1 fully saturated rings. The van der Waals surface area contributed by atoms with E-state index >= 15 is 0 Å². The third-order valence-corrected chi connectivity index (χ3v) is 7.19. The summed E-state index contributed by atoms with van der Waals surface area (Å²) in [4.78, 5) is 31.6. The predicted octanol–water partition coefficient (Wildman–Crippen LogP) is 3.52. The Hall–Kier alpha value is -3.35. The van der Waals surface area contributed by atoms with Crippen molar-refractivity contribution in [3.63, 3.8) is 0 Å². The van der Waals surface area contributed by atoms with Crippen molar-refractivity contribution in [1.82, 2.24) is 9.80 Å². The molecular weight excluding hydrogens is 499 g/mol. The van der Waals surface area contributed by atoms with E-state index in [1.165, 1.54) is 24.1 Å². The van der Waals surface area contributed by atoms with Crippen molar-refractivity contribution < 1.29 is 23.5 Å². The van der Waals surface area contributed by atoms with E-state index in [1.54, 1.807) is 48.2 Å². The summed E-state index contributed by atoms with van der Waals surface area (Å²) in [5.41, 5.74) is 0.743. The molecule has 0 aliphatic carbocycles. The largest absolute Gasteiger partial charge is 0.495 e. The second-order valence-electron chi connectivity index (χ2n) is 9.82. The van der Waals surface area contributed by atoms with E-state index in [1.807, 2.05) is 0 Å². The molecule has 2 amide bonds. The highest BCUT2D eigenvalue weighted by Gasteiger charge is 2.41. The third-order valence-electron chi connectivity index (χ3n) is 6.89. The van der Waals surface area contributed by atoms with Crippen LogP contribution >= 0.6 is 11.6 Å². The zero-order valence-corrected chi connectivity index (χ0v) is 21.9. The Morgan fingerprint density at radius 2 is 1.92 bits per heavy atom. The molecule has 2 aliphatic heterocycles. The standard InChI is InChI=1S/C27H30ClFN4O4/c1-31(2)16-25(34)33-15-24(37-23-13-22(36-3)20(28)12-21(23)33)26(35)32-10-8-27(17-30,9-11-32)14-18-4-6-19(29)7-5-18/h4-7,12-13,24H,8-11,14-16H2,1-3H3. The van der Waals surface area contributed by atoms with Crippen LogP contribution < -0.4 is 14.4 Å². The first-order chi connectivity index (χ1) is 17.6. The van der Waals surface area contributed by atoms with E-state index in [4.69, 9.17) is 21.1 Å². The molecule has 0 aromatic heterocycles. The van der Waals surface area contributed by atoms with E-state index in [0.29, 0.717) is 54.6 Å². The molecule has 0 bridgehead atoms. The molecule has 0 saturated carbocycles. The number of fused-ring (bicyclic) bond motifs is 1. The zero-order valence-electron chi connectivity index (χ0n) is 21.2. The van der Waals surface area contributed by atoms with Crippen molar-refractivity contribution in [3.8, 4) is 17.6 Å². The molecule has 37 heavy (non-hydrogen) atoms. The van der Waals surface area contributed by atoms with Gasteiger partial charge in [-0.1, -0.05) is 23.7 Å². The highest BCUT2D eigenvalue weighted by atomic mass is 35.5. The van der Waals surface area contributed by atoms with Gasteiger partial charge in [-0.05, 0) is 57.1 Å². The molecular formula is C27H30ClFN4O4. The lowest BCUT2D eigenvalue weighted by Crippen LogP contribution is -2.55. The molecule has 2 aromatic carbocycles. The maximum absolute atomic E-state index is 13.5. The van der Waals surface area contributed by atoms with Crippen LogP contribution in [0.25, 0.3) is 0 Å². The number of hydrogen-bond acceptors (Lipinski definition) is 6. The number of methoxy groups -OCH3 is 1. The third kappa shape index (κ3) is 5.81. The van der Waals surface area contributed by atoms with Gasteiger partial charge in [-0.25, -0.2) is 4.39 Å². The lowest BCUT2D eigenvalue weighted by atomic mass is 9.75. The zero-order chi connectivity index (χ0) is 26.7. The highest BCUT2D eigenvalue weighted by molar-refractivity contribution is 6.32. The molecule has 0 N–H and O–H groups in total. The van der Waals surface area contributed by atoms with E-state index in [-0.39, 0.29) is 30.7 Å². The number of anilines is 1. The van der Waals surface area contributed by atoms with Crippen molar-refractivity contribution in [2.24, 2.45) is 5.41 Å². The number of carbonyl (C=O) groups is 2. The Balaban J connectivity index is 1.50. The quantitative estimate of drug-likeness (QED) is 0.570. The van der Waals surface area contributed by atoms with Gasteiger partial charge in [0.2, 0.25) is 5.91 Å². The van der Waals surface area contributed by atoms with Crippen LogP contribution in [0.2, 0.25) is 5.02 Å². The van der Waals surface area contributed by atoms with E-state index in [9.17, 15) is 19.2 Å². The summed E-state index contributed by atoms with van der Waals surface area (Å²) in [6.07, 6.45) is 0.564. The Kier molecular flexibility index (Phi) is 7.90. The number of halogens is 2. The van der Waals surface area contributed by atoms with E-state index < -0.39 is 11.5 Å². The molecule has 2 heterocycles. The Bertz CT molecular complexity index is 1210. The molecule has 2 aliphatic rings. The molecule has 4 rings (SSSR count). The lowest BCUT2D eigenvalue weighted by Gasteiger charge is -2.41. The van der Waals surface area contributed by atoms with Crippen molar-refractivity contribution >= 4 is 29.1 Å². The summed E-state index contributed by atoms with van der Waals surface area (Å²) in [7, 11) is 5.07. The van der Waals surface area contributed by atoms with Crippen LogP contribution in [0.15, 0.2) is 36.4 Å². The fraction of sp³-hybridized carbons (Fsp3) is 0.444. The van der Waals surface area contributed by atoms with Crippen LogP contribution in [0.1, 0.15) is 18.4 Å². The molecule has 0 radical (unpaired) electrons. The fourth-order valence-corrected chi connectivity index (χ4v) is 5.08. The van der Waals surface area contributed by atoms with E-state index in [2.05, 4.69) is 6.07 Å². The van der Waals surface area contributed by atoms with Gasteiger partial charge in [-0.15, -0.1) is 0 Å². The highest BCUT2D eigenvalue weighted by Crippen LogP contribution is 2.42. The van der Waals surface area contributed by atoms with Gasteiger partial charge < -0.3 is 24.2 Å². The van der Waals surface area contributed by atoms with Crippen molar-refractivity contribution in [2.45, 2.75) is 25.4 Å². The minimum Gasteiger partial charge on any atom is -0.495 e. The Morgan fingerprint density at radius 1 is 1.24 bits per heavy atom. The molecule has 1 atom stereocenters. The maximum Gasteiger partial charge on any atom is 0.265 e. The second kappa shape index (κ2) is 11.0. The van der Waals surface area contributed by atoms with E-state index in [0.717, 1.165) is 5.56 Å². The van der Waals surface area contributed by atoms with Crippen LogP contribution in [0.5, 0.6) is 11.5 Å². The summed E-state index contributed by atoms with van der Waals surface area (Å²) in [5, 5.41) is 10.3. The number of nitriles is 1. The smallest absolute Gasteiger partial charge is 0.265 e. The number of nitrogens with zero attached hydrogens (tertiary/aromatic N) is 4. The molecule has 8 nitrogen and oxygen atoms in total. The van der Waals surface area contributed by atoms with Crippen molar-refractivity contribution in [3.05, 3.63) is 52.8 Å². The number of likely N-dealkylation sites (tertiary alicyclic amines) is 1. The van der Waals surface area contributed by atoms with Gasteiger partial charge in [0.1, 0.15) is 17.3 Å². The molecule has 2 aromatic rings. The first-order valence-electron chi connectivity index (χ1n) is 12.1. The number of hydrogen-bond donors (Lipinski definition) is 0. The molecule has 1 unspecified atom stereocenters. The number of amides is 2. The number of piperidine rings is 1. The Morgan fingerprint density at radius 3 is 2.51 bits per heavy atom. The second-order valence-corrected chi connectivity index (χ2v) is 10.2. The topological polar surface area (TPSA) is 86.1 Å². The average Bonchev–Trinajstić information content (AvgIpc) is 2.88. The van der Waals surface area contributed by atoms with Gasteiger partial charge in [0, 0.05) is 19.2 Å². The number of ether oxygens (including phenoxy) is 2. The summed E-state index contributed by atoms with van der Waals surface area (Å²) in [5.74, 6) is -0.0171. The van der Waals surface area contributed by atoms with Crippen LogP contribution in [-0.2, 0) is 16.0 Å². The minimum atomic E-state index is -0.906. The predicted molar refractivity (Wildman–Crippen MR) is 137 cm³/mol. The summed E-state index contributed by atoms with van der Waals surface area (Å²) in [6.45, 7) is 0.976. The molecule has 1 saturated heterocycles. The summed E-state index contributed by atoms with van der Waals surface area (Å²) < 4.78 is 24.7. The fourth-order valence-electron chi connectivity index (χ4n) is 4.84. The Labute approximate surface area is 221 Å². The number of carbonyl (C=O) groups excluding carboxylic acids is 2. The normalized spacial score (nSPS) is 18.6. The minimum absolute atomic E-state index is 0.0522. The first-order valence-corrected chi connectivity index (χ1v) is 12.5. The number of rotatable bonds is 6. The number of likely N-dealkylation sites (N-methyl/N-ethyl adjacent to an activating group) is 1. The van der Waals surface area contributed by atoms with Crippen molar-refractivity contribution in [1.29, 1.82) is 5.26 Å².